The third-order valence-electron chi connectivity index (χ3n) is 4.70. The molecule has 0 unspecified atom stereocenters. The molecule has 1 N–H and O–H groups in total. The van der Waals surface area contributed by atoms with Gasteiger partial charge in [0.1, 0.15) is 22.6 Å². The molecule has 8 heteroatoms. The molecule has 0 fully saturated rings. The maximum absolute atomic E-state index is 14.2. The monoisotopic (exact) mass is 415 g/mol. The Balaban J connectivity index is 1.61. The number of carbonyl (C=O) groups is 1. The summed E-state index contributed by atoms with van der Waals surface area (Å²) in [5, 5.41) is 20.5. The van der Waals surface area contributed by atoms with E-state index in [9.17, 15) is 9.18 Å². The summed E-state index contributed by atoms with van der Waals surface area (Å²) in [4.78, 5) is 14.1. The molecule has 31 heavy (non-hydrogen) atoms. The zero-order chi connectivity index (χ0) is 22.0. The highest BCUT2D eigenvalue weighted by atomic mass is 19.1. The Morgan fingerprint density at radius 3 is 2.48 bits per heavy atom. The van der Waals surface area contributed by atoms with Crippen molar-refractivity contribution in [1.29, 1.82) is 5.26 Å². The molecular formula is C23H18FN5O2. The first-order valence-corrected chi connectivity index (χ1v) is 9.60. The van der Waals surface area contributed by atoms with Crippen molar-refractivity contribution in [3.63, 3.8) is 0 Å². The van der Waals surface area contributed by atoms with Crippen LogP contribution in [0.4, 0.5) is 10.1 Å². The molecular weight excluding hydrogens is 397 g/mol. The molecule has 0 saturated carbocycles. The van der Waals surface area contributed by atoms with E-state index in [-0.39, 0.29) is 11.1 Å². The van der Waals surface area contributed by atoms with Crippen LogP contribution in [0.5, 0.6) is 5.75 Å². The molecule has 0 saturated heterocycles. The van der Waals surface area contributed by atoms with Gasteiger partial charge in [-0.1, -0.05) is 0 Å². The SMILES string of the molecule is CCOc1ccc(-n2nc3cc(C)c(NC(=O)c4ccc(C#N)cc4F)cc3n2)cc1. The first kappa shape index (κ1) is 20.0. The maximum Gasteiger partial charge on any atom is 0.258 e. The zero-order valence-corrected chi connectivity index (χ0v) is 16.9. The van der Waals surface area contributed by atoms with E-state index in [0.29, 0.717) is 23.3 Å². The first-order valence-electron chi connectivity index (χ1n) is 9.60. The van der Waals surface area contributed by atoms with Gasteiger partial charge in [0.15, 0.2) is 0 Å². The van der Waals surface area contributed by atoms with Crippen molar-refractivity contribution in [2.75, 3.05) is 11.9 Å². The smallest absolute Gasteiger partial charge is 0.258 e. The normalized spacial score (nSPS) is 10.6. The molecule has 7 nitrogen and oxygen atoms in total. The Morgan fingerprint density at radius 2 is 1.84 bits per heavy atom. The van der Waals surface area contributed by atoms with Gasteiger partial charge in [-0.25, -0.2) is 4.39 Å². The van der Waals surface area contributed by atoms with Crippen LogP contribution >= 0.6 is 0 Å². The first-order chi connectivity index (χ1) is 15.0. The van der Waals surface area contributed by atoms with Gasteiger partial charge in [0, 0.05) is 5.69 Å². The number of hydrogen-bond donors (Lipinski definition) is 1. The van der Waals surface area contributed by atoms with Crippen LogP contribution in [-0.2, 0) is 0 Å². The summed E-state index contributed by atoms with van der Waals surface area (Å²) in [5.74, 6) is -0.598. The lowest BCUT2D eigenvalue weighted by Gasteiger charge is -2.09. The van der Waals surface area contributed by atoms with Crippen LogP contribution in [0.3, 0.4) is 0 Å². The van der Waals surface area contributed by atoms with E-state index in [1.807, 2.05) is 44.2 Å². The van der Waals surface area contributed by atoms with Gasteiger partial charge in [-0.15, -0.1) is 10.2 Å². The topological polar surface area (TPSA) is 92.8 Å². The Hall–Kier alpha value is -4.25. The van der Waals surface area contributed by atoms with Crippen LogP contribution in [0.2, 0.25) is 0 Å². The molecule has 1 aromatic heterocycles. The number of carbonyl (C=O) groups excluding carboxylic acids is 1. The molecule has 4 aromatic rings. The number of nitrogens with one attached hydrogen (secondary N) is 1. The lowest BCUT2D eigenvalue weighted by atomic mass is 10.1. The van der Waals surface area contributed by atoms with E-state index in [2.05, 4.69) is 15.5 Å². The molecule has 0 aliphatic heterocycles. The van der Waals surface area contributed by atoms with E-state index < -0.39 is 11.7 Å². The van der Waals surface area contributed by atoms with Crippen molar-refractivity contribution >= 4 is 22.6 Å². The Bertz CT molecular complexity index is 1320. The fourth-order valence-corrected chi connectivity index (χ4v) is 3.12. The second kappa shape index (κ2) is 8.24. The van der Waals surface area contributed by atoms with Gasteiger partial charge < -0.3 is 10.1 Å². The van der Waals surface area contributed by atoms with E-state index >= 15 is 0 Å². The Kier molecular flexibility index (Phi) is 5.33. The van der Waals surface area contributed by atoms with Crippen molar-refractivity contribution in [1.82, 2.24) is 15.0 Å². The molecule has 3 aromatic carbocycles. The van der Waals surface area contributed by atoms with Gasteiger partial charge in [0.05, 0.1) is 29.5 Å². The van der Waals surface area contributed by atoms with Crippen molar-refractivity contribution in [2.24, 2.45) is 0 Å². The second-order valence-electron chi connectivity index (χ2n) is 6.83. The minimum atomic E-state index is -0.753. The van der Waals surface area contributed by atoms with Gasteiger partial charge in [-0.3, -0.25) is 4.79 Å². The molecule has 4 rings (SSSR count). The lowest BCUT2D eigenvalue weighted by Crippen LogP contribution is -2.14. The minimum absolute atomic E-state index is 0.142. The summed E-state index contributed by atoms with van der Waals surface area (Å²) in [6, 6.07) is 16.5. The molecule has 0 atom stereocenters. The predicted molar refractivity (Wildman–Crippen MR) is 114 cm³/mol. The number of rotatable bonds is 5. The number of aryl methyl sites for hydroxylation is 1. The third kappa shape index (κ3) is 4.07. The summed E-state index contributed by atoms with van der Waals surface area (Å²) < 4.78 is 19.6. The number of amides is 1. The molecule has 0 radical (unpaired) electrons. The molecule has 1 amide bonds. The lowest BCUT2D eigenvalue weighted by molar-refractivity contribution is 0.102. The quantitative estimate of drug-likeness (QED) is 0.522. The molecule has 154 valence electrons. The number of benzene rings is 3. The number of nitrogens with zero attached hydrogens (tertiary/aromatic N) is 4. The van der Waals surface area contributed by atoms with E-state index in [0.717, 1.165) is 23.1 Å². The van der Waals surface area contributed by atoms with Crippen LogP contribution in [0.15, 0.2) is 54.6 Å². The number of ether oxygens (including phenoxy) is 1. The Labute approximate surface area is 177 Å². The van der Waals surface area contributed by atoms with Gasteiger partial charge in [-0.05, 0) is 74.0 Å². The number of halogens is 1. The number of aromatic nitrogens is 3. The molecule has 0 spiro atoms. The highest BCUT2D eigenvalue weighted by molar-refractivity contribution is 6.05. The number of anilines is 1. The van der Waals surface area contributed by atoms with Gasteiger partial charge in [-0.2, -0.15) is 10.1 Å². The average Bonchev–Trinajstić information content (AvgIpc) is 3.17. The maximum atomic E-state index is 14.2. The number of hydrogen-bond acceptors (Lipinski definition) is 5. The summed E-state index contributed by atoms with van der Waals surface area (Å²) >= 11 is 0. The van der Waals surface area contributed by atoms with E-state index in [1.165, 1.54) is 16.9 Å². The van der Waals surface area contributed by atoms with Crippen LogP contribution < -0.4 is 10.1 Å². The van der Waals surface area contributed by atoms with Crippen molar-refractivity contribution in [3.8, 4) is 17.5 Å². The molecule has 1 heterocycles. The fraction of sp³-hybridized carbons (Fsp3) is 0.130. The van der Waals surface area contributed by atoms with Crippen LogP contribution in [0.25, 0.3) is 16.7 Å². The minimum Gasteiger partial charge on any atom is -0.494 e. The van der Waals surface area contributed by atoms with E-state index in [1.54, 1.807) is 12.1 Å². The standard InChI is InChI=1S/C23H18FN5O2/c1-3-31-17-7-5-16(6-8-17)29-27-21-10-14(2)20(12-22(21)28-29)26-23(30)18-9-4-15(13-25)11-19(18)24/h4-12H,3H2,1-2H3,(H,26,30). The van der Waals surface area contributed by atoms with Crippen molar-refractivity contribution < 1.29 is 13.9 Å². The van der Waals surface area contributed by atoms with Crippen LogP contribution in [0.1, 0.15) is 28.4 Å². The summed E-state index contributed by atoms with van der Waals surface area (Å²) in [6.45, 7) is 4.33. The van der Waals surface area contributed by atoms with Gasteiger partial charge >= 0.3 is 0 Å². The molecule has 0 aliphatic rings. The predicted octanol–water partition coefficient (Wildman–Crippen LogP) is 4.39. The van der Waals surface area contributed by atoms with E-state index in [4.69, 9.17) is 10.00 Å². The van der Waals surface area contributed by atoms with Crippen molar-refractivity contribution in [3.05, 3.63) is 77.1 Å². The van der Waals surface area contributed by atoms with Crippen LogP contribution in [-0.4, -0.2) is 27.5 Å². The van der Waals surface area contributed by atoms with Gasteiger partial charge in [0.2, 0.25) is 0 Å². The number of fused-ring (bicyclic) bond motifs is 1. The summed E-state index contributed by atoms with van der Waals surface area (Å²) in [6.07, 6.45) is 0. The van der Waals surface area contributed by atoms with Gasteiger partial charge in [0.25, 0.3) is 5.91 Å². The highest BCUT2D eigenvalue weighted by Crippen LogP contribution is 2.24. The number of nitriles is 1. The van der Waals surface area contributed by atoms with Crippen molar-refractivity contribution in [2.45, 2.75) is 13.8 Å². The molecule has 0 bridgehead atoms. The van der Waals surface area contributed by atoms with Crippen LogP contribution in [0, 0.1) is 24.1 Å². The third-order valence-corrected chi connectivity index (χ3v) is 4.70. The zero-order valence-electron chi connectivity index (χ0n) is 16.9. The Morgan fingerprint density at radius 1 is 1.13 bits per heavy atom. The largest absolute Gasteiger partial charge is 0.494 e. The highest BCUT2D eigenvalue weighted by Gasteiger charge is 2.15. The fourth-order valence-electron chi connectivity index (χ4n) is 3.12. The summed E-state index contributed by atoms with van der Waals surface area (Å²) in [7, 11) is 0. The molecule has 0 aliphatic carbocycles. The average molecular weight is 415 g/mol. The summed E-state index contributed by atoms with van der Waals surface area (Å²) in [5.41, 5.74) is 3.27. The second-order valence-corrected chi connectivity index (χ2v) is 6.83.